The predicted molar refractivity (Wildman–Crippen MR) is 86.3 cm³/mol. The lowest BCUT2D eigenvalue weighted by atomic mass is 10.1. The maximum absolute atomic E-state index is 10.9. The molecule has 0 fully saturated rings. The van der Waals surface area contributed by atoms with Gasteiger partial charge >= 0.3 is 5.97 Å². The van der Waals surface area contributed by atoms with Gasteiger partial charge in [0, 0.05) is 11.3 Å². The van der Waals surface area contributed by atoms with Gasteiger partial charge in [0.25, 0.3) is 0 Å². The van der Waals surface area contributed by atoms with Crippen LogP contribution in [0.2, 0.25) is 0 Å². The van der Waals surface area contributed by atoms with Crippen molar-refractivity contribution in [3.05, 3.63) is 29.3 Å². The van der Waals surface area contributed by atoms with E-state index >= 15 is 0 Å². The summed E-state index contributed by atoms with van der Waals surface area (Å²) in [6, 6.07) is 4.39. The van der Waals surface area contributed by atoms with Crippen LogP contribution in [-0.4, -0.2) is 33.3 Å². The van der Waals surface area contributed by atoms with E-state index in [2.05, 4.69) is 17.1 Å². The summed E-state index contributed by atoms with van der Waals surface area (Å²) in [4.78, 5) is 10.9. The average molecular weight is 309 g/mol. The van der Waals surface area contributed by atoms with Crippen LogP contribution in [0.25, 0.3) is 0 Å². The number of nitrogens with zero attached hydrogens (tertiary/aromatic N) is 2. The first-order valence-corrected chi connectivity index (χ1v) is 7.59. The molecule has 0 unspecified atom stereocenters. The molecule has 1 aromatic rings. The molecule has 0 amide bonds. The van der Waals surface area contributed by atoms with E-state index < -0.39 is 5.97 Å². The minimum absolute atomic E-state index is 0.176. The van der Waals surface area contributed by atoms with E-state index in [1.807, 2.05) is 0 Å². The Kier molecular flexibility index (Phi) is 7.31. The zero-order chi connectivity index (χ0) is 15.7. The van der Waals surface area contributed by atoms with Crippen molar-refractivity contribution in [1.29, 1.82) is 0 Å². The van der Waals surface area contributed by atoms with Crippen molar-refractivity contribution in [2.24, 2.45) is 15.9 Å². The van der Waals surface area contributed by atoms with E-state index in [1.54, 1.807) is 6.07 Å². The summed E-state index contributed by atoms with van der Waals surface area (Å²) in [5.41, 5.74) is 5.78. The SMILES string of the molecule is CCCCCSC(N)=N/N=C\c1cccc(C(=O)O)c1O. The maximum atomic E-state index is 10.9. The van der Waals surface area contributed by atoms with Crippen LogP contribution in [0.5, 0.6) is 5.75 Å². The molecular weight excluding hydrogens is 290 g/mol. The number of para-hydroxylation sites is 1. The second kappa shape index (κ2) is 9.02. The number of carboxylic acids is 1. The molecule has 0 heterocycles. The Bertz CT molecular complexity index is 544. The Balaban J connectivity index is 2.64. The average Bonchev–Trinajstić information content (AvgIpc) is 2.45. The first-order valence-electron chi connectivity index (χ1n) is 6.60. The van der Waals surface area contributed by atoms with Gasteiger partial charge in [0.15, 0.2) is 5.17 Å². The van der Waals surface area contributed by atoms with Crippen molar-refractivity contribution >= 4 is 29.1 Å². The van der Waals surface area contributed by atoms with E-state index in [0.29, 0.717) is 5.17 Å². The Labute approximate surface area is 127 Å². The van der Waals surface area contributed by atoms with Crippen LogP contribution in [0.1, 0.15) is 42.1 Å². The lowest BCUT2D eigenvalue weighted by molar-refractivity contribution is 0.0693. The summed E-state index contributed by atoms with van der Waals surface area (Å²) in [5.74, 6) is -0.645. The van der Waals surface area contributed by atoms with Crippen molar-refractivity contribution in [3.63, 3.8) is 0 Å². The van der Waals surface area contributed by atoms with Crippen LogP contribution < -0.4 is 5.73 Å². The highest BCUT2D eigenvalue weighted by Crippen LogP contribution is 2.20. The van der Waals surface area contributed by atoms with Crippen molar-refractivity contribution < 1.29 is 15.0 Å². The Hall–Kier alpha value is -2.02. The fourth-order valence-corrected chi connectivity index (χ4v) is 2.21. The molecule has 6 nitrogen and oxygen atoms in total. The first kappa shape index (κ1) is 17.0. The predicted octanol–water partition coefficient (Wildman–Crippen LogP) is 2.66. The normalized spacial score (nSPS) is 12.0. The molecule has 0 bridgehead atoms. The number of carbonyl (C=O) groups is 1. The molecule has 0 saturated carbocycles. The van der Waals surface area contributed by atoms with Crippen molar-refractivity contribution in [2.75, 3.05) is 5.75 Å². The first-order chi connectivity index (χ1) is 10.1. The van der Waals surface area contributed by atoms with Gasteiger partial charge in [0.1, 0.15) is 11.3 Å². The van der Waals surface area contributed by atoms with Crippen molar-refractivity contribution in [3.8, 4) is 5.75 Å². The molecule has 21 heavy (non-hydrogen) atoms. The summed E-state index contributed by atoms with van der Waals surface area (Å²) in [6.07, 6.45) is 4.65. The van der Waals surface area contributed by atoms with Gasteiger partial charge in [-0.1, -0.05) is 37.6 Å². The molecule has 0 radical (unpaired) electrons. The number of amidine groups is 1. The second-order valence-electron chi connectivity index (χ2n) is 4.29. The summed E-state index contributed by atoms with van der Waals surface area (Å²) < 4.78 is 0. The molecule has 0 spiro atoms. The Morgan fingerprint density at radius 2 is 2.19 bits per heavy atom. The number of nitrogens with two attached hydrogens (primary N) is 1. The lowest BCUT2D eigenvalue weighted by Gasteiger charge is -2.01. The molecule has 0 aliphatic heterocycles. The Morgan fingerprint density at radius 1 is 1.43 bits per heavy atom. The summed E-state index contributed by atoms with van der Waals surface area (Å²) in [6.45, 7) is 2.13. The van der Waals surface area contributed by atoms with Gasteiger partial charge in [-0.15, -0.1) is 5.10 Å². The van der Waals surface area contributed by atoms with Gasteiger partial charge < -0.3 is 15.9 Å². The van der Waals surface area contributed by atoms with Gasteiger partial charge in [-0.25, -0.2) is 4.79 Å². The standard InChI is InChI=1S/C14H19N3O3S/c1-2-3-4-8-21-14(15)17-16-9-10-6-5-7-11(12(10)18)13(19)20/h5-7,9,18H,2-4,8H2,1H3,(H2,15,17)(H,19,20)/b16-9-. The van der Waals surface area contributed by atoms with Gasteiger partial charge in [-0.05, 0) is 18.6 Å². The van der Waals surface area contributed by atoms with Gasteiger partial charge in [0.2, 0.25) is 0 Å². The summed E-state index contributed by atoms with van der Waals surface area (Å²) in [7, 11) is 0. The molecule has 0 aliphatic carbocycles. The third-order valence-electron chi connectivity index (χ3n) is 2.65. The molecule has 0 atom stereocenters. The zero-order valence-electron chi connectivity index (χ0n) is 11.8. The summed E-state index contributed by atoms with van der Waals surface area (Å²) in [5, 5.41) is 26.6. The fourth-order valence-electron chi connectivity index (χ4n) is 1.54. The second-order valence-corrected chi connectivity index (χ2v) is 5.40. The maximum Gasteiger partial charge on any atom is 0.339 e. The molecule has 0 saturated heterocycles. The molecular formula is C14H19N3O3S. The number of aromatic hydroxyl groups is 1. The van der Waals surface area contributed by atoms with Crippen LogP contribution in [0, 0.1) is 0 Å². The van der Waals surface area contributed by atoms with Crippen LogP contribution in [0.3, 0.4) is 0 Å². The highest BCUT2D eigenvalue weighted by molar-refractivity contribution is 8.13. The van der Waals surface area contributed by atoms with Crippen molar-refractivity contribution in [1.82, 2.24) is 0 Å². The number of aromatic carboxylic acids is 1. The monoisotopic (exact) mass is 309 g/mol. The number of rotatable bonds is 7. The van der Waals surface area contributed by atoms with E-state index in [9.17, 15) is 9.90 Å². The highest BCUT2D eigenvalue weighted by Gasteiger charge is 2.11. The third-order valence-corrected chi connectivity index (χ3v) is 3.52. The third kappa shape index (κ3) is 5.86. The molecule has 114 valence electrons. The number of hydrogen-bond donors (Lipinski definition) is 3. The lowest BCUT2D eigenvalue weighted by Crippen LogP contribution is -2.06. The number of thioether (sulfide) groups is 1. The van der Waals surface area contributed by atoms with Crippen molar-refractivity contribution in [2.45, 2.75) is 26.2 Å². The molecule has 4 N–H and O–H groups in total. The number of carboxylic acid groups (broad SMARTS) is 1. The van der Waals surface area contributed by atoms with Crippen LogP contribution in [0.4, 0.5) is 0 Å². The minimum Gasteiger partial charge on any atom is -0.506 e. The molecule has 7 heteroatoms. The van der Waals surface area contributed by atoms with E-state index in [0.717, 1.165) is 25.0 Å². The van der Waals surface area contributed by atoms with Crippen LogP contribution in [-0.2, 0) is 0 Å². The van der Waals surface area contributed by atoms with Gasteiger partial charge in [0.05, 0.1) is 6.21 Å². The quantitative estimate of drug-likeness (QED) is 0.310. The van der Waals surface area contributed by atoms with E-state index in [-0.39, 0.29) is 16.9 Å². The highest BCUT2D eigenvalue weighted by atomic mass is 32.2. The van der Waals surface area contributed by atoms with E-state index in [4.69, 9.17) is 10.8 Å². The van der Waals surface area contributed by atoms with Gasteiger partial charge in [-0.2, -0.15) is 5.10 Å². The molecule has 0 aromatic heterocycles. The summed E-state index contributed by atoms with van der Waals surface area (Å²) >= 11 is 1.42. The fraction of sp³-hybridized carbons (Fsp3) is 0.357. The molecule has 1 rings (SSSR count). The smallest absolute Gasteiger partial charge is 0.339 e. The van der Waals surface area contributed by atoms with Crippen LogP contribution >= 0.6 is 11.8 Å². The number of benzene rings is 1. The minimum atomic E-state index is -1.20. The zero-order valence-corrected chi connectivity index (χ0v) is 12.6. The topological polar surface area (TPSA) is 108 Å². The largest absolute Gasteiger partial charge is 0.506 e. The Morgan fingerprint density at radius 3 is 2.86 bits per heavy atom. The number of phenols is 1. The van der Waals surface area contributed by atoms with Gasteiger partial charge in [-0.3, -0.25) is 0 Å². The molecule has 1 aromatic carbocycles. The molecule has 0 aliphatic rings. The number of hydrogen-bond acceptors (Lipinski definition) is 5. The van der Waals surface area contributed by atoms with Crippen LogP contribution in [0.15, 0.2) is 28.4 Å². The number of unbranched alkanes of at least 4 members (excludes halogenated alkanes) is 2. The van der Waals surface area contributed by atoms with E-state index in [1.165, 1.54) is 30.1 Å².